The third kappa shape index (κ3) is 3.89. The van der Waals surface area contributed by atoms with Crippen LogP contribution >= 0.6 is 0 Å². The van der Waals surface area contributed by atoms with E-state index >= 15 is 0 Å². The SMILES string of the molecule is O=[N+]([O-])c1ccc(C=CC=Nc2ccc3oc(-c4cccc5ccccc45)nc3c2)cc1. The highest BCUT2D eigenvalue weighted by Gasteiger charge is 2.11. The van der Waals surface area contributed by atoms with Gasteiger partial charge in [-0.05, 0) is 58.8 Å². The quantitative estimate of drug-likeness (QED) is 0.175. The van der Waals surface area contributed by atoms with Crippen LogP contribution in [0, 0.1) is 10.1 Å². The second-order valence-corrected chi connectivity index (χ2v) is 7.18. The fraction of sp³-hybridized carbons (Fsp3) is 0. The van der Waals surface area contributed by atoms with Crippen molar-refractivity contribution in [2.45, 2.75) is 0 Å². The first-order chi connectivity index (χ1) is 15.7. The summed E-state index contributed by atoms with van der Waals surface area (Å²) in [5.41, 5.74) is 4.07. The highest BCUT2D eigenvalue weighted by Crippen LogP contribution is 2.31. The van der Waals surface area contributed by atoms with Gasteiger partial charge in [0.1, 0.15) is 5.52 Å². The Morgan fingerprint density at radius 1 is 0.938 bits per heavy atom. The smallest absolute Gasteiger partial charge is 0.269 e. The maximum Gasteiger partial charge on any atom is 0.269 e. The summed E-state index contributed by atoms with van der Waals surface area (Å²) in [6, 6.07) is 26.2. The van der Waals surface area contributed by atoms with Gasteiger partial charge in [-0.25, -0.2) is 4.98 Å². The van der Waals surface area contributed by atoms with Gasteiger partial charge >= 0.3 is 0 Å². The number of nitro groups is 1. The average Bonchev–Trinajstić information content (AvgIpc) is 3.25. The minimum atomic E-state index is -0.416. The molecule has 0 aliphatic rings. The van der Waals surface area contributed by atoms with E-state index in [-0.39, 0.29) is 5.69 Å². The molecule has 32 heavy (non-hydrogen) atoms. The fourth-order valence-electron chi connectivity index (χ4n) is 3.51. The number of allylic oxidation sites excluding steroid dienone is 1. The summed E-state index contributed by atoms with van der Waals surface area (Å²) in [5, 5.41) is 12.9. The molecular formula is C26H17N3O3. The van der Waals surface area contributed by atoms with Crippen molar-refractivity contribution < 1.29 is 9.34 Å². The topological polar surface area (TPSA) is 81.5 Å². The van der Waals surface area contributed by atoms with Crippen molar-refractivity contribution in [2.75, 3.05) is 0 Å². The van der Waals surface area contributed by atoms with Crippen molar-refractivity contribution in [3.63, 3.8) is 0 Å². The van der Waals surface area contributed by atoms with Gasteiger partial charge < -0.3 is 4.42 Å². The number of rotatable bonds is 5. The van der Waals surface area contributed by atoms with Gasteiger partial charge in [0.25, 0.3) is 5.69 Å². The molecule has 4 aromatic carbocycles. The highest BCUT2D eigenvalue weighted by atomic mass is 16.6. The van der Waals surface area contributed by atoms with Crippen LogP contribution in [0.5, 0.6) is 0 Å². The van der Waals surface area contributed by atoms with Crippen LogP contribution in [-0.4, -0.2) is 16.1 Å². The Labute approximate surface area is 183 Å². The van der Waals surface area contributed by atoms with Crippen LogP contribution in [0.1, 0.15) is 5.56 Å². The summed E-state index contributed by atoms with van der Waals surface area (Å²) < 4.78 is 6.00. The number of nitro benzene ring substituents is 1. The van der Waals surface area contributed by atoms with Crippen molar-refractivity contribution >= 4 is 45.5 Å². The van der Waals surface area contributed by atoms with Gasteiger partial charge in [-0.1, -0.05) is 42.5 Å². The van der Waals surface area contributed by atoms with Gasteiger partial charge in [0.15, 0.2) is 5.58 Å². The number of aliphatic imine (C=N–C) groups is 1. The predicted octanol–water partition coefficient (Wildman–Crippen LogP) is 6.97. The van der Waals surface area contributed by atoms with E-state index < -0.39 is 4.92 Å². The lowest BCUT2D eigenvalue weighted by Gasteiger charge is -2.01. The molecule has 0 atom stereocenters. The molecule has 0 saturated heterocycles. The van der Waals surface area contributed by atoms with Crippen LogP contribution in [0.3, 0.4) is 0 Å². The summed E-state index contributed by atoms with van der Waals surface area (Å²) >= 11 is 0. The minimum absolute atomic E-state index is 0.0691. The largest absolute Gasteiger partial charge is 0.436 e. The first-order valence-electron chi connectivity index (χ1n) is 10.0. The summed E-state index contributed by atoms with van der Waals surface area (Å²) in [5.74, 6) is 0.580. The van der Waals surface area contributed by atoms with Gasteiger partial charge in [-0.3, -0.25) is 15.1 Å². The van der Waals surface area contributed by atoms with E-state index in [0.717, 1.165) is 33.1 Å². The number of non-ortho nitro benzene ring substituents is 1. The maximum atomic E-state index is 10.7. The van der Waals surface area contributed by atoms with Gasteiger partial charge in [0.2, 0.25) is 5.89 Å². The Kier molecular flexibility index (Phi) is 5.01. The van der Waals surface area contributed by atoms with Crippen molar-refractivity contribution in [3.8, 4) is 11.5 Å². The number of fused-ring (bicyclic) bond motifs is 2. The zero-order valence-corrected chi connectivity index (χ0v) is 16.9. The third-order valence-electron chi connectivity index (χ3n) is 5.09. The van der Waals surface area contributed by atoms with Gasteiger partial charge in [-0.2, -0.15) is 0 Å². The lowest BCUT2D eigenvalue weighted by molar-refractivity contribution is -0.384. The summed E-state index contributed by atoms with van der Waals surface area (Å²) in [6.45, 7) is 0. The molecule has 5 aromatic rings. The van der Waals surface area contributed by atoms with Crippen LogP contribution < -0.4 is 0 Å². The minimum Gasteiger partial charge on any atom is -0.436 e. The maximum absolute atomic E-state index is 10.7. The van der Waals surface area contributed by atoms with Crippen molar-refractivity contribution in [2.24, 2.45) is 4.99 Å². The third-order valence-corrected chi connectivity index (χ3v) is 5.09. The average molecular weight is 419 g/mol. The van der Waals surface area contributed by atoms with E-state index in [4.69, 9.17) is 4.42 Å². The number of benzene rings is 4. The number of oxazole rings is 1. The van der Waals surface area contributed by atoms with Crippen LogP contribution in [-0.2, 0) is 0 Å². The molecule has 0 saturated carbocycles. The zero-order valence-electron chi connectivity index (χ0n) is 16.9. The van der Waals surface area contributed by atoms with E-state index in [1.165, 1.54) is 12.1 Å². The number of hydrogen-bond donors (Lipinski definition) is 0. The lowest BCUT2D eigenvalue weighted by atomic mass is 10.0. The predicted molar refractivity (Wildman–Crippen MR) is 127 cm³/mol. The van der Waals surface area contributed by atoms with Crippen LogP contribution in [0.25, 0.3) is 39.4 Å². The molecule has 0 N–H and O–H groups in total. The van der Waals surface area contributed by atoms with Gasteiger partial charge in [-0.15, -0.1) is 0 Å². The van der Waals surface area contributed by atoms with E-state index in [1.807, 2.05) is 48.5 Å². The van der Waals surface area contributed by atoms with Crippen LogP contribution in [0.15, 0.2) is 100 Å². The summed E-state index contributed by atoms with van der Waals surface area (Å²) in [4.78, 5) is 19.4. The van der Waals surface area contributed by atoms with Gasteiger partial charge in [0.05, 0.1) is 10.6 Å². The molecule has 0 unspecified atom stereocenters. The molecule has 5 rings (SSSR count). The second kappa shape index (κ2) is 8.28. The Morgan fingerprint density at radius 2 is 1.75 bits per heavy atom. The lowest BCUT2D eigenvalue weighted by Crippen LogP contribution is -1.86. The molecule has 1 heterocycles. The summed E-state index contributed by atoms with van der Waals surface area (Å²) in [6.07, 6.45) is 5.30. The first-order valence-corrected chi connectivity index (χ1v) is 10.0. The normalized spacial score (nSPS) is 11.8. The molecule has 0 aliphatic carbocycles. The van der Waals surface area contributed by atoms with E-state index in [1.54, 1.807) is 24.4 Å². The molecule has 154 valence electrons. The monoisotopic (exact) mass is 419 g/mol. The molecule has 0 bridgehead atoms. The first kappa shape index (κ1) is 19.4. The van der Waals surface area contributed by atoms with E-state index in [0.29, 0.717) is 11.5 Å². The Bertz CT molecular complexity index is 1490. The van der Waals surface area contributed by atoms with Gasteiger partial charge in [0, 0.05) is 23.9 Å². The van der Waals surface area contributed by atoms with Crippen molar-refractivity contribution in [1.29, 1.82) is 0 Å². The van der Waals surface area contributed by atoms with E-state index in [9.17, 15) is 10.1 Å². The Balaban J connectivity index is 1.37. The number of aromatic nitrogens is 1. The Hall–Kier alpha value is -4.58. The number of hydrogen-bond acceptors (Lipinski definition) is 5. The zero-order chi connectivity index (χ0) is 21.9. The van der Waals surface area contributed by atoms with E-state index in [2.05, 4.69) is 28.2 Å². The summed E-state index contributed by atoms with van der Waals surface area (Å²) in [7, 11) is 0. The van der Waals surface area contributed by atoms with Crippen LogP contribution in [0.4, 0.5) is 11.4 Å². The van der Waals surface area contributed by atoms with Crippen molar-refractivity contribution in [1.82, 2.24) is 4.98 Å². The van der Waals surface area contributed by atoms with Crippen molar-refractivity contribution in [3.05, 3.63) is 107 Å². The molecule has 0 fully saturated rings. The Morgan fingerprint density at radius 3 is 2.59 bits per heavy atom. The fourth-order valence-corrected chi connectivity index (χ4v) is 3.51. The highest BCUT2D eigenvalue weighted by molar-refractivity contribution is 5.96. The molecule has 1 aromatic heterocycles. The van der Waals surface area contributed by atoms with Crippen LogP contribution in [0.2, 0.25) is 0 Å². The molecule has 0 radical (unpaired) electrons. The number of nitrogens with zero attached hydrogens (tertiary/aromatic N) is 3. The second-order valence-electron chi connectivity index (χ2n) is 7.18. The molecule has 6 heteroatoms. The molecule has 0 amide bonds. The molecule has 0 spiro atoms. The molecular weight excluding hydrogens is 402 g/mol. The molecule has 6 nitrogen and oxygen atoms in total. The molecule has 0 aliphatic heterocycles. The standard InChI is InChI=1S/C26H17N3O3/c30-29(31)21-13-10-18(11-14-21)5-4-16-27-20-12-15-25-24(17-20)28-26(32-25)23-9-3-7-19-6-1-2-8-22(19)23/h1-17H.